The van der Waals surface area contributed by atoms with Gasteiger partial charge >= 0.3 is 0 Å². The van der Waals surface area contributed by atoms with Gasteiger partial charge in [0.15, 0.2) is 0 Å². The Morgan fingerprint density at radius 2 is 1.61 bits per heavy atom. The Hall–Kier alpha value is -1.66. The third kappa shape index (κ3) is 8.41. The number of carbonyl (C=O) groups is 1. The summed E-state index contributed by atoms with van der Waals surface area (Å²) in [6.45, 7) is 6.81. The van der Waals surface area contributed by atoms with E-state index in [1.807, 2.05) is 12.1 Å². The topological polar surface area (TPSA) is 70.4 Å². The molecule has 5 nitrogen and oxygen atoms in total. The van der Waals surface area contributed by atoms with Crippen molar-refractivity contribution in [3.63, 3.8) is 0 Å². The summed E-state index contributed by atoms with van der Waals surface area (Å²) in [5.41, 5.74) is 6.63. The molecule has 0 atom stereocenters. The molecule has 2 aromatic rings. The molecule has 3 rings (SSSR count). The zero-order valence-electron chi connectivity index (χ0n) is 18.7. The van der Waals surface area contributed by atoms with Crippen molar-refractivity contribution in [1.82, 2.24) is 15.5 Å². The number of unbranched alkanes of at least 4 members (excludes halogenated alkanes) is 1. The molecular formula is C25H39ClN4O. The van der Waals surface area contributed by atoms with Gasteiger partial charge in [-0.3, -0.25) is 4.79 Å². The lowest BCUT2D eigenvalue weighted by atomic mass is 9.95. The molecule has 0 spiro atoms. The number of nitrogens with one attached hydrogen (secondary N) is 2. The zero-order chi connectivity index (χ0) is 21.0. The number of piperidine rings is 1. The number of rotatable bonds is 12. The van der Waals surface area contributed by atoms with Gasteiger partial charge in [0.1, 0.15) is 0 Å². The molecule has 0 aliphatic carbocycles. The quantitative estimate of drug-likeness (QED) is 0.437. The van der Waals surface area contributed by atoms with Crippen molar-refractivity contribution in [3.05, 3.63) is 48.0 Å². The van der Waals surface area contributed by atoms with E-state index in [9.17, 15) is 4.79 Å². The van der Waals surface area contributed by atoms with E-state index in [4.69, 9.17) is 5.73 Å². The lowest BCUT2D eigenvalue weighted by Crippen LogP contribution is -2.41. The van der Waals surface area contributed by atoms with Crippen molar-refractivity contribution in [2.24, 2.45) is 11.7 Å². The van der Waals surface area contributed by atoms with E-state index in [2.05, 4.69) is 45.9 Å². The second kappa shape index (κ2) is 14.4. The molecule has 4 N–H and O–H groups in total. The van der Waals surface area contributed by atoms with Crippen molar-refractivity contribution in [2.45, 2.75) is 38.5 Å². The zero-order valence-corrected chi connectivity index (χ0v) is 19.5. The average molecular weight is 447 g/mol. The van der Waals surface area contributed by atoms with Gasteiger partial charge in [0.2, 0.25) is 5.91 Å². The molecule has 1 heterocycles. The molecule has 1 saturated heterocycles. The van der Waals surface area contributed by atoms with Crippen LogP contribution in [0.25, 0.3) is 10.8 Å². The molecule has 0 unspecified atom stereocenters. The Bertz CT molecular complexity index is 772. The molecule has 1 amide bonds. The molecule has 1 aliphatic rings. The first-order valence-corrected chi connectivity index (χ1v) is 11.6. The van der Waals surface area contributed by atoms with E-state index in [-0.39, 0.29) is 18.3 Å². The first kappa shape index (κ1) is 25.6. The predicted octanol–water partition coefficient (Wildman–Crippen LogP) is 3.35. The van der Waals surface area contributed by atoms with Crippen LogP contribution in [-0.4, -0.2) is 56.6 Å². The number of fused-ring (bicyclic) bond motifs is 1. The molecule has 1 fully saturated rings. The van der Waals surface area contributed by atoms with Gasteiger partial charge in [-0.2, -0.15) is 0 Å². The van der Waals surface area contributed by atoms with Gasteiger partial charge in [-0.15, -0.1) is 12.4 Å². The Balaban J connectivity index is 0.00000341. The number of nitrogens with zero attached hydrogens (tertiary/aromatic N) is 1. The maximum atomic E-state index is 12.8. The summed E-state index contributed by atoms with van der Waals surface area (Å²) < 4.78 is 0. The Kier molecular flexibility index (Phi) is 11.9. The Morgan fingerprint density at radius 3 is 2.39 bits per heavy atom. The minimum atomic E-state index is 0. The van der Waals surface area contributed by atoms with Crippen molar-refractivity contribution in [3.8, 4) is 0 Å². The third-order valence-corrected chi connectivity index (χ3v) is 6.14. The highest BCUT2D eigenvalue weighted by molar-refractivity contribution is 5.90. The highest BCUT2D eigenvalue weighted by Gasteiger charge is 2.22. The molecule has 0 saturated carbocycles. The monoisotopic (exact) mass is 446 g/mol. The van der Waals surface area contributed by atoms with Gasteiger partial charge < -0.3 is 21.3 Å². The Morgan fingerprint density at radius 1 is 0.935 bits per heavy atom. The minimum Gasteiger partial charge on any atom is -0.342 e. The number of amides is 1. The second-order valence-electron chi connectivity index (χ2n) is 8.44. The van der Waals surface area contributed by atoms with Gasteiger partial charge in [-0.1, -0.05) is 42.5 Å². The largest absolute Gasteiger partial charge is 0.342 e. The van der Waals surface area contributed by atoms with Gasteiger partial charge in [-0.25, -0.2) is 0 Å². The van der Waals surface area contributed by atoms with Crippen LogP contribution in [0.2, 0.25) is 0 Å². The van der Waals surface area contributed by atoms with E-state index in [1.54, 1.807) is 0 Å². The summed E-state index contributed by atoms with van der Waals surface area (Å²) >= 11 is 0. The number of carbonyl (C=O) groups excluding carboxylic acids is 1. The summed E-state index contributed by atoms with van der Waals surface area (Å²) in [6.07, 6.45) is 6.19. The predicted molar refractivity (Wildman–Crippen MR) is 133 cm³/mol. The van der Waals surface area contributed by atoms with Crippen LogP contribution < -0.4 is 16.4 Å². The van der Waals surface area contributed by atoms with Crippen molar-refractivity contribution >= 4 is 29.1 Å². The van der Waals surface area contributed by atoms with Crippen LogP contribution >= 0.6 is 12.4 Å². The first-order chi connectivity index (χ1) is 14.8. The maximum Gasteiger partial charge on any atom is 0.227 e. The van der Waals surface area contributed by atoms with Crippen molar-refractivity contribution in [1.29, 1.82) is 0 Å². The molecule has 172 valence electrons. The van der Waals surface area contributed by atoms with Crippen molar-refractivity contribution < 1.29 is 4.79 Å². The number of halogens is 1. The lowest BCUT2D eigenvalue weighted by Gasteiger charge is -2.32. The standard InChI is InChI=1S/C25H38N4O.ClH/c26-13-6-16-27-14-3-4-15-28-20-21-11-17-29(18-12-21)25(30)19-23-9-5-8-22-7-1-2-10-24(22)23;/h1-2,5,7-10,21,27-28H,3-4,6,11-20,26H2;1H. The average Bonchev–Trinajstić information content (AvgIpc) is 2.78. The molecule has 2 aromatic carbocycles. The number of hydrogen-bond donors (Lipinski definition) is 3. The number of likely N-dealkylation sites (tertiary alicyclic amines) is 1. The van der Waals surface area contributed by atoms with Crippen LogP contribution in [0.15, 0.2) is 42.5 Å². The fourth-order valence-corrected chi connectivity index (χ4v) is 4.27. The fourth-order valence-electron chi connectivity index (χ4n) is 4.27. The molecule has 0 aromatic heterocycles. The van der Waals surface area contributed by atoms with Gasteiger partial charge in [0.25, 0.3) is 0 Å². The summed E-state index contributed by atoms with van der Waals surface area (Å²) in [6, 6.07) is 14.6. The van der Waals surface area contributed by atoms with Crippen LogP contribution in [0.1, 0.15) is 37.7 Å². The number of nitrogens with two attached hydrogens (primary N) is 1. The number of benzene rings is 2. The molecule has 0 radical (unpaired) electrons. The van der Waals surface area contributed by atoms with E-state index in [0.717, 1.165) is 70.6 Å². The highest BCUT2D eigenvalue weighted by Crippen LogP contribution is 2.21. The summed E-state index contributed by atoms with van der Waals surface area (Å²) in [4.78, 5) is 14.9. The van der Waals surface area contributed by atoms with Crippen LogP contribution in [0.5, 0.6) is 0 Å². The SMILES string of the molecule is Cl.NCCCNCCCCNCC1CCN(C(=O)Cc2cccc3ccccc23)CC1. The lowest BCUT2D eigenvalue weighted by molar-refractivity contribution is -0.131. The van der Waals surface area contributed by atoms with Crippen LogP contribution in [0.4, 0.5) is 0 Å². The fraction of sp³-hybridized carbons (Fsp3) is 0.560. The van der Waals surface area contributed by atoms with Gasteiger partial charge in [0.05, 0.1) is 6.42 Å². The number of hydrogen-bond acceptors (Lipinski definition) is 4. The molecule has 6 heteroatoms. The molecule has 31 heavy (non-hydrogen) atoms. The van der Waals surface area contributed by atoms with Gasteiger partial charge in [-0.05, 0) is 87.1 Å². The normalized spacial score (nSPS) is 14.5. The van der Waals surface area contributed by atoms with Gasteiger partial charge in [0, 0.05) is 13.1 Å². The maximum absolute atomic E-state index is 12.8. The van der Waals surface area contributed by atoms with Crippen LogP contribution in [0, 0.1) is 5.92 Å². The van der Waals surface area contributed by atoms with Crippen molar-refractivity contribution in [2.75, 3.05) is 45.8 Å². The summed E-state index contributed by atoms with van der Waals surface area (Å²) in [7, 11) is 0. The molecule has 1 aliphatic heterocycles. The highest BCUT2D eigenvalue weighted by atomic mass is 35.5. The summed E-state index contributed by atoms with van der Waals surface area (Å²) in [5.74, 6) is 0.953. The Labute approximate surface area is 193 Å². The van der Waals surface area contributed by atoms with E-state index in [0.29, 0.717) is 12.3 Å². The smallest absolute Gasteiger partial charge is 0.227 e. The first-order valence-electron chi connectivity index (χ1n) is 11.6. The summed E-state index contributed by atoms with van der Waals surface area (Å²) in [5, 5.41) is 9.44. The molecule has 0 bridgehead atoms. The van der Waals surface area contributed by atoms with E-state index in [1.165, 1.54) is 23.6 Å². The van der Waals surface area contributed by atoms with Crippen LogP contribution in [0.3, 0.4) is 0 Å². The van der Waals surface area contributed by atoms with E-state index < -0.39 is 0 Å². The van der Waals surface area contributed by atoms with Crippen LogP contribution in [-0.2, 0) is 11.2 Å². The van der Waals surface area contributed by atoms with E-state index >= 15 is 0 Å². The molecular weight excluding hydrogens is 408 g/mol. The third-order valence-electron chi connectivity index (χ3n) is 6.14. The minimum absolute atomic E-state index is 0. The second-order valence-corrected chi connectivity index (χ2v) is 8.44.